The first-order chi connectivity index (χ1) is 7.05. The summed E-state index contributed by atoms with van der Waals surface area (Å²) < 4.78 is 31.9. The molecule has 2 rings (SSSR count). The van der Waals surface area contributed by atoms with Crippen LogP contribution in [0.1, 0.15) is 32.6 Å². The third kappa shape index (κ3) is 1.74. The molecule has 0 aromatic rings. The summed E-state index contributed by atoms with van der Waals surface area (Å²) in [6.45, 7) is 2.07. The molecular weight excluding hydrogens is 202 g/mol. The summed E-state index contributed by atoms with van der Waals surface area (Å²) in [6.07, 6.45) is 1.74. The summed E-state index contributed by atoms with van der Waals surface area (Å²) >= 11 is 0. The van der Waals surface area contributed by atoms with Crippen LogP contribution >= 0.6 is 0 Å². The number of esters is 1. The number of hydrogen-bond donors (Lipinski definition) is 0. The molecule has 0 spiro atoms. The predicted octanol–water partition coefficient (Wildman–Crippen LogP) is 2.62. The van der Waals surface area contributed by atoms with Crippen molar-refractivity contribution in [3.05, 3.63) is 0 Å². The van der Waals surface area contributed by atoms with Gasteiger partial charge in [0.1, 0.15) is 0 Å². The highest BCUT2D eigenvalue weighted by atomic mass is 19.3. The maximum absolute atomic E-state index is 13.5. The zero-order valence-electron chi connectivity index (χ0n) is 8.84. The summed E-state index contributed by atoms with van der Waals surface area (Å²) in [7, 11) is 0. The Morgan fingerprint density at radius 1 is 1.33 bits per heavy atom. The first-order valence-electron chi connectivity index (χ1n) is 5.60. The molecular formula is C11H16F2O2. The summed E-state index contributed by atoms with van der Waals surface area (Å²) in [5.74, 6) is -4.30. The molecule has 0 aliphatic heterocycles. The van der Waals surface area contributed by atoms with E-state index in [9.17, 15) is 13.6 Å². The standard InChI is InChI=1S/C11H16F2O2/c1-2-15-10(14)7-5-8-3-4-9(6-7)11(8,12)13/h7-9H,2-6H2,1H3. The van der Waals surface area contributed by atoms with Gasteiger partial charge < -0.3 is 4.74 Å². The van der Waals surface area contributed by atoms with Crippen molar-refractivity contribution in [2.75, 3.05) is 6.61 Å². The fourth-order valence-electron chi connectivity index (χ4n) is 2.91. The van der Waals surface area contributed by atoms with E-state index in [1.165, 1.54) is 0 Å². The molecule has 0 aromatic heterocycles. The maximum Gasteiger partial charge on any atom is 0.308 e. The van der Waals surface area contributed by atoms with Gasteiger partial charge in [-0.15, -0.1) is 0 Å². The van der Waals surface area contributed by atoms with Gasteiger partial charge in [-0.05, 0) is 32.6 Å². The molecule has 2 saturated carbocycles. The van der Waals surface area contributed by atoms with Crippen molar-refractivity contribution in [2.45, 2.75) is 38.5 Å². The van der Waals surface area contributed by atoms with Crippen LogP contribution in [0.4, 0.5) is 8.78 Å². The van der Waals surface area contributed by atoms with Crippen molar-refractivity contribution in [2.24, 2.45) is 17.8 Å². The smallest absolute Gasteiger partial charge is 0.308 e. The van der Waals surface area contributed by atoms with Crippen LogP contribution in [0, 0.1) is 17.8 Å². The summed E-state index contributed by atoms with van der Waals surface area (Å²) in [5.41, 5.74) is 0. The van der Waals surface area contributed by atoms with Crippen LogP contribution in [0.15, 0.2) is 0 Å². The van der Waals surface area contributed by atoms with Gasteiger partial charge in [-0.25, -0.2) is 8.78 Å². The SMILES string of the molecule is CCOC(=O)C1CC2CCC(C1)C2(F)F. The molecule has 86 valence electrons. The number of fused-ring (bicyclic) bond motifs is 2. The predicted molar refractivity (Wildman–Crippen MR) is 50.5 cm³/mol. The first kappa shape index (κ1) is 10.8. The quantitative estimate of drug-likeness (QED) is 0.666. The van der Waals surface area contributed by atoms with Gasteiger partial charge in [-0.2, -0.15) is 0 Å². The van der Waals surface area contributed by atoms with Crippen molar-refractivity contribution in [1.29, 1.82) is 0 Å². The number of alkyl halides is 2. The second-order valence-corrected chi connectivity index (χ2v) is 4.57. The highest BCUT2D eigenvalue weighted by molar-refractivity contribution is 5.72. The molecule has 2 bridgehead atoms. The van der Waals surface area contributed by atoms with E-state index in [0.717, 1.165) is 0 Å². The van der Waals surface area contributed by atoms with E-state index in [4.69, 9.17) is 4.74 Å². The van der Waals surface area contributed by atoms with Crippen LogP contribution in [0.5, 0.6) is 0 Å². The van der Waals surface area contributed by atoms with Gasteiger partial charge in [-0.1, -0.05) is 0 Å². The van der Waals surface area contributed by atoms with Crippen LogP contribution < -0.4 is 0 Å². The molecule has 2 unspecified atom stereocenters. The third-order valence-electron chi connectivity index (χ3n) is 3.71. The van der Waals surface area contributed by atoms with Gasteiger partial charge in [0.15, 0.2) is 0 Å². The monoisotopic (exact) mass is 218 g/mol. The zero-order chi connectivity index (χ0) is 11.1. The van der Waals surface area contributed by atoms with E-state index in [-0.39, 0.29) is 11.9 Å². The van der Waals surface area contributed by atoms with E-state index in [1.54, 1.807) is 6.92 Å². The number of ether oxygens (including phenoxy) is 1. The fraction of sp³-hybridized carbons (Fsp3) is 0.909. The minimum absolute atomic E-state index is 0.287. The molecule has 2 nitrogen and oxygen atoms in total. The van der Waals surface area contributed by atoms with Crippen molar-refractivity contribution < 1.29 is 18.3 Å². The lowest BCUT2D eigenvalue weighted by atomic mass is 9.78. The largest absolute Gasteiger partial charge is 0.466 e. The van der Waals surface area contributed by atoms with Gasteiger partial charge in [0, 0.05) is 11.8 Å². The second-order valence-electron chi connectivity index (χ2n) is 4.57. The van der Waals surface area contributed by atoms with Crippen molar-refractivity contribution in [3.63, 3.8) is 0 Å². The lowest BCUT2D eigenvalue weighted by molar-refractivity contribution is -0.158. The van der Waals surface area contributed by atoms with E-state index < -0.39 is 17.8 Å². The Kier molecular flexibility index (Phi) is 2.69. The Morgan fingerprint density at radius 2 is 1.87 bits per heavy atom. The van der Waals surface area contributed by atoms with Gasteiger partial charge in [0.2, 0.25) is 0 Å². The van der Waals surface area contributed by atoms with Crippen molar-refractivity contribution in [3.8, 4) is 0 Å². The summed E-state index contributed by atoms with van der Waals surface area (Å²) in [4.78, 5) is 11.5. The minimum atomic E-state index is -2.54. The average Bonchev–Trinajstić information content (AvgIpc) is 2.42. The molecule has 0 heterocycles. The molecule has 15 heavy (non-hydrogen) atoms. The van der Waals surface area contributed by atoms with E-state index in [2.05, 4.69) is 0 Å². The van der Waals surface area contributed by atoms with Gasteiger partial charge >= 0.3 is 5.97 Å². The second kappa shape index (κ2) is 3.72. The van der Waals surface area contributed by atoms with Crippen LogP contribution in [0.2, 0.25) is 0 Å². The van der Waals surface area contributed by atoms with Gasteiger partial charge in [-0.3, -0.25) is 4.79 Å². The Bertz CT molecular complexity index is 249. The highest BCUT2D eigenvalue weighted by Crippen LogP contribution is 2.54. The van der Waals surface area contributed by atoms with Crippen LogP contribution in [-0.2, 0) is 9.53 Å². The minimum Gasteiger partial charge on any atom is -0.466 e. The molecule has 0 radical (unpaired) electrons. The zero-order valence-corrected chi connectivity index (χ0v) is 8.84. The lowest BCUT2D eigenvalue weighted by Crippen LogP contribution is -2.39. The Morgan fingerprint density at radius 3 is 2.33 bits per heavy atom. The van der Waals surface area contributed by atoms with E-state index in [0.29, 0.717) is 32.3 Å². The molecule has 0 amide bonds. The number of rotatable bonds is 2. The highest BCUT2D eigenvalue weighted by Gasteiger charge is 2.57. The summed E-state index contributed by atoms with van der Waals surface area (Å²) in [5, 5.41) is 0. The van der Waals surface area contributed by atoms with Crippen LogP contribution in [-0.4, -0.2) is 18.5 Å². The Labute approximate surface area is 88.0 Å². The molecule has 2 aliphatic rings. The summed E-state index contributed by atoms with van der Waals surface area (Å²) in [6, 6.07) is 0. The van der Waals surface area contributed by atoms with E-state index >= 15 is 0 Å². The van der Waals surface area contributed by atoms with Crippen LogP contribution in [0.3, 0.4) is 0 Å². The normalized spacial score (nSPS) is 37.7. The molecule has 0 aromatic carbocycles. The molecule has 2 atom stereocenters. The molecule has 0 saturated heterocycles. The number of halogens is 2. The van der Waals surface area contributed by atoms with Crippen LogP contribution in [0.25, 0.3) is 0 Å². The fourth-order valence-corrected chi connectivity index (χ4v) is 2.91. The Balaban J connectivity index is 2.03. The maximum atomic E-state index is 13.5. The third-order valence-corrected chi connectivity index (χ3v) is 3.71. The van der Waals surface area contributed by atoms with Gasteiger partial charge in [0.25, 0.3) is 5.92 Å². The van der Waals surface area contributed by atoms with Crippen molar-refractivity contribution in [1.82, 2.24) is 0 Å². The number of carbonyl (C=O) groups is 1. The van der Waals surface area contributed by atoms with Crippen molar-refractivity contribution >= 4 is 5.97 Å². The average molecular weight is 218 g/mol. The molecule has 0 N–H and O–H groups in total. The number of carbonyl (C=O) groups excluding carboxylic acids is 1. The Hall–Kier alpha value is -0.670. The van der Waals surface area contributed by atoms with E-state index in [1.807, 2.05) is 0 Å². The first-order valence-corrected chi connectivity index (χ1v) is 5.60. The topological polar surface area (TPSA) is 26.3 Å². The molecule has 2 aliphatic carbocycles. The van der Waals surface area contributed by atoms with Gasteiger partial charge in [0.05, 0.1) is 12.5 Å². The number of hydrogen-bond acceptors (Lipinski definition) is 2. The lowest BCUT2D eigenvalue weighted by Gasteiger charge is -2.33. The molecule has 2 fully saturated rings. The molecule has 4 heteroatoms.